The smallest absolute Gasteiger partial charge is 0.417 e. The molecule has 0 radical (unpaired) electrons. The van der Waals surface area contributed by atoms with Crippen molar-refractivity contribution in [3.05, 3.63) is 161 Å². The van der Waals surface area contributed by atoms with Crippen molar-refractivity contribution in [2.45, 2.75) is 44.9 Å². The van der Waals surface area contributed by atoms with Gasteiger partial charge in [-0.25, -0.2) is 41.6 Å². The van der Waals surface area contributed by atoms with E-state index in [1.165, 1.54) is 136 Å². The molecule has 125 heavy (non-hydrogen) atoms. The number of azide groups is 1. The molecule has 0 aliphatic carbocycles. The number of likely N-dealkylation sites (N-methyl/N-ethyl adjacent to an activating group) is 2. The third kappa shape index (κ3) is 55.7. The van der Waals surface area contributed by atoms with Crippen molar-refractivity contribution in [1.82, 2.24) is 33.2 Å². The van der Waals surface area contributed by atoms with Crippen LogP contribution in [0, 0.1) is 29.1 Å². The maximum Gasteiger partial charge on any atom is 0.417 e. The second-order valence-corrected chi connectivity index (χ2v) is 45.6. The fourth-order valence-electron chi connectivity index (χ4n) is 9.57. The number of amidine groups is 2. The molecule has 11 rings (SSSR count). The van der Waals surface area contributed by atoms with E-state index >= 15 is 0 Å². The predicted molar refractivity (Wildman–Crippen MR) is 465 cm³/mol. The average Bonchev–Trinajstić information content (AvgIpc) is 1.49. The minimum absolute atomic E-state index is 0. The first kappa shape index (κ1) is 123. The van der Waals surface area contributed by atoms with Crippen LogP contribution in [0.1, 0.15) is 38.5 Å². The van der Waals surface area contributed by atoms with Crippen LogP contribution in [0.2, 0.25) is 0 Å². The second-order valence-electron chi connectivity index (χ2n) is 24.6. The molecule has 0 spiro atoms. The largest absolute Gasteiger partial charge is 0.449 e. The predicted octanol–water partition coefficient (Wildman–Crippen LogP) is 26.1. The Labute approximate surface area is 745 Å². The molecule has 5 aromatic carbocycles. The number of ether oxygens (including phenoxy) is 4. The Bertz CT molecular complexity index is 4070. The standard InChI is InChI=1S/C18H10F5O2P.C13H11N3O2.C12H24BrN3P.C6H8ClN2O5P.C5H10ClN2.C5H12FN2.CH4BOP.CH4IP.3F6P.3FH.H4P2/c19-13-14(20)16(22)18(17(23)15(13)21)25-26(24,11-7-3-1-4-8-11)12-9-5-2-6-10-12;14-16-15-13(17-11-7-3-1-4-8-11)18-12-9-5-2-6-10-12;13-17(14-7-1-2-8-14,15-9-3-4-10-15)16-11-5-6-12-16;7-15(12,8-1-3-13-5(8)10)9-2-4-14-6(9)11;1-7-3-4-8(2)5(7)6;1-7(2)5(6)8(3)4;1-4-2-3;2-1-3;3*1-7(2,3,4,5)6;;;;1-2/h1-10H;1-10,13H;1-12H2;1-4H2;3-4H2,1-2H3;1-4H3;4H,1H3;1,3H2;;;;3*1H;1-2H2/q;;+1;;2*+1;;;3*-1;;;;/i/hTD. The van der Waals surface area contributed by atoms with Crippen LogP contribution in [-0.2, 0) is 23.3 Å². The molecule has 0 saturated carbocycles. The number of hydrogen-bond acceptors (Lipinski definition) is 15. The first-order valence-electron chi connectivity index (χ1n) is 35.0. The molecule has 724 valence electrons. The summed E-state index contributed by atoms with van der Waals surface area (Å²) < 4.78 is 359. The molecule has 2 amide bonds. The number of rotatable bonds is 15. The molecule has 6 heterocycles. The minimum atomic E-state index is -10.7. The van der Waals surface area contributed by atoms with Gasteiger partial charge in [0.05, 0.1) is 66.0 Å². The summed E-state index contributed by atoms with van der Waals surface area (Å²) in [5.74, 6) is -11.5. The molecule has 4 unspecified atom stereocenters. The van der Waals surface area contributed by atoms with Crippen LogP contribution < -0.4 is 24.6 Å². The van der Waals surface area contributed by atoms with Crippen molar-refractivity contribution in [3.63, 3.8) is 0 Å². The molecule has 6 aliphatic rings. The molecular weight excluding hydrogens is 2170 g/mol. The Morgan fingerprint density at radius 3 is 1.13 bits per heavy atom. The van der Waals surface area contributed by atoms with Gasteiger partial charge in [0.15, 0.2) is 0 Å². The van der Waals surface area contributed by atoms with Gasteiger partial charge in [-0.15, -0.1) is 45.5 Å². The van der Waals surface area contributed by atoms with Gasteiger partial charge in [-0.3, -0.25) is 32.7 Å². The van der Waals surface area contributed by atoms with E-state index in [2.05, 4.69) is 102 Å². The molecule has 6 aliphatic heterocycles. The van der Waals surface area contributed by atoms with E-state index in [9.17, 15) is 125 Å². The van der Waals surface area contributed by atoms with Crippen molar-refractivity contribution in [2.75, 3.05) is 132 Å². The molecule has 0 aromatic heterocycles. The van der Waals surface area contributed by atoms with Gasteiger partial charge in [0.1, 0.15) is 37.8 Å². The average molecular weight is 2270 g/mol. The number of hydrogen-bond donors (Lipinski definition) is 0. The van der Waals surface area contributed by atoms with Crippen molar-refractivity contribution in [2.24, 2.45) is 5.11 Å². The van der Waals surface area contributed by atoms with Crippen LogP contribution in [0.5, 0.6) is 17.2 Å². The summed E-state index contributed by atoms with van der Waals surface area (Å²) in [4.78, 5) is 28.5. The Hall–Kier alpha value is -4.17. The number of halogens is 31. The molecule has 0 bridgehead atoms. The van der Waals surface area contributed by atoms with Crippen LogP contribution in [-0.4, -0.2) is 214 Å². The third-order valence-electron chi connectivity index (χ3n) is 14.3. The van der Waals surface area contributed by atoms with Gasteiger partial charge in [-0.2, -0.15) is 8.78 Å². The zero-order valence-electron chi connectivity index (χ0n) is 68.2. The number of para-hydroxylation sites is 2. The van der Waals surface area contributed by atoms with Gasteiger partial charge in [0.2, 0.25) is 50.3 Å². The molecule has 4 atom stereocenters. The Morgan fingerprint density at radius 1 is 0.656 bits per heavy atom. The maximum atomic E-state index is 14.0. The van der Waals surface area contributed by atoms with E-state index < -0.39 is 97.4 Å². The molecule has 0 N–H and O–H groups in total. The number of carbonyl (C=O) groups is 2. The van der Waals surface area contributed by atoms with Gasteiger partial charge in [-0.05, 0) is 109 Å². The Kier molecular flexibility index (Phi) is 52.0. The number of carbonyl (C=O) groups excluding carboxylic acids is 2. The summed E-state index contributed by atoms with van der Waals surface area (Å²) in [6.45, 7) is 9.48. The molecule has 64 heteroatoms. The van der Waals surface area contributed by atoms with Gasteiger partial charge in [0.25, 0.3) is 9.32 Å². The van der Waals surface area contributed by atoms with Crippen LogP contribution in [0.15, 0.2) is 126 Å². The summed E-state index contributed by atoms with van der Waals surface area (Å²) in [5.41, 5.74) is 8.49. The van der Waals surface area contributed by atoms with E-state index in [1.807, 2.05) is 66.6 Å². The van der Waals surface area contributed by atoms with Gasteiger partial charge >= 0.3 is 170 Å². The zero-order valence-corrected chi connectivity index (χ0v) is 81.3. The maximum absolute atomic E-state index is 14.0. The number of nitrogens with zero attached hydrogens (tertiary/aromatic N) is 12. The Balaban J connectivity index is -0.000000681. The zero-order chi connectivity index (χ0) is 98.5. The number of cyclic esters (lactones) is 2. The molecule has 5 aromatic rings. The second kappa shape index (κ2) is 52.9. The van der Waals surface area contributed by atoms with E-state index in [4.69, 9.17) is 51.8 Å². The summed E-state index contributed by atoms with van der Waals surface area (Å²) in [6.07, 6.45) is 4.29. The van der Waals surface area contributed by atoms with E-state index in [-0.39, 0.29) is 47.7 Å². The summed E-state index contributed by atoms with van der Waals surface area (Å²) >= 11 is 18.0. The molecule has 5 saturated heterocycles. The van der Waals surface area contributed by atoms with Crippen molar-refractivity contribution >= 4 is 182 Å². The topological polar surface area (TPSA) is 209 Å². The first-order valence-corrected chi connectivity index (χ1v) is 55.1. The van der Waals surface area contributed by atoms with Crippen LogP contribution >= 0.6 is 140 Å². The third-order valence-corrected chi connectivity index (χ3v) is 28.0. The number of amides is 2. The SMILES string of the molecule is Br[P+](N1CCCC1)(N1CCCC1)N1CCCC1.CN(C)C(F)=[N+](C)C.CN1CC[N+](C)=C1Cl.CPB=O.F.F[P-](F)(F)(F)(F)F.F[P-](F)(F)(F)(F)F.F[P-](F)(F)(F)(F)F.O=C1OCCN1P(=O)(Cl)N1CCOC1=O.O=P(Oc1c(F)c(F)c(F)c(F)c1F)(c1ccccc1)c1ccccc1.PCI.PP.[2H]F.[3H]F.[N-]=[N+]=NC(Oc1ccccc1)Oc1ccccc1. The quantitative estimate of drug-likeness (QED) is 0.00756. The van der Waals surface area contributed by atoms with Crippen LogP contribution in [0.25, 0.3) is 10.4 Å². The molecule has 22 nitrogen and oxygen atoms in total. The van der Waals surface area contributed by atoms with Crippen molar-refractivity contribution in [3.8, 4) is 17.2 Å². The first-order chi connectivity index (χ1) is 57.5. The number of alkyl halides is 1. The van der Waals surface area contributed by atoms with Crippen molar-refractivity contribution in [1.29, 1.82) is 2.90 Å². The minimum Gasteiger partial charge on any atom is -0.449 e. The van der Waals surface area contributed by atoms with Gasteiger partial charge in [-0.1, -0.05) is 95.4 Å². The molecular formula is C61H90BBrCl2F27IN12O10P10. The fourth-order valence-corrected chi connectivity index (χ4v) is 20.4. The van der Waals surface area contributed by atoms with E-state index in [0.29, 0.717) is 20.0 Å². The van der Waals surface area contributed by atoms with Crippen molar-refractivity contribution < 1.29 is 172 Å². The summed E-state index contributed by atoms with van der Waals surface area (Å²) in [7, 11) is -17.8. The monoisotopic (exact) mass is 2260 g/mol. The van der Waals surface area contributed by atoms with E-state index in [1.54, 1.807) is 64.6 Å². The Morgan fingerprint density at radius 2 is 0.928 bits per heavy atom. The van der Waals surface area contributed by atoms with Crippen LogP contribution in [0.3, 0.4) is 0 Å². The number of benzene rings is 5. The molecule has 5 fully saturated rings. The van der Waals surface area contributed by atoms with E-state index in [0.717, 1.165) is 38.8 Å². The normalized spacial score (nSPS) is 16.7. The summed E-state index contributed by atoms with van der Waals surface area (Å²) in [5, 5.41) is 4.38. The van der Waals surface area contributed by atoms with Crippen LogP contribution in [0.4, 0.5) is 126 Å². The fraction of sp³-hybridized carbons (Fsp3) is 0.443. The van der Waals surface area contributed by atoms with Gasteiger partial charge < -0.3 is 23.5 Å². The van der Waals surface area contributed by atoms with Gasteiger partial charge in [0, 0.05) is 59.9 Å². The summed E-state index contributed by atoms with van der Waals surface area (Å²) in [6, 6.07) is 32.8.